The van der Waals surface area contributed by atoms with Crippen molar-refractivity contribution in [2.24, 2.45) is 0 Å². The largest absolute Gasteiger partial charge is 0.416 e. The summed E-state index contributed by atoms with van der Waals surface area (Å²) in [5.41, 5.74) is -1.06. The summed E-state index contributed by atoms with van der Waals surface area (Å²) < 4.78 is 65.3. The molecule has 0 spiro atoms. The molecule has 2 amide bonds. The molecule has 0 aromatic heterocycles. The summed E-state index contributed by atoms with van der Waals surface area (Å²) in [6.07, 6.45) is -2.85. The molecule has 1 aromatic carbocycles. The van der Waals surface area contributed by atoms with Gasteiger partial charge in [0.15, 0.2) is 0 Å². The molecule has 2 aliphatic rings. The van der Waals surface area contributed by atoms with Crippen molar-refractivity contribution in [3.05, 3.63) is 29.8 Å². The molecule has 3 rings (SSSR count). The summed E-state index contributed by atoms with van der Waals surface area (Å²) in [4.78, 5) is 15.8. The fourth-order valence-corrected chi connectivity index (χ4v) is 5.75. The Morgan fingerprint density at radius 3 is 2.20 bits per heavy atom. The number of carbonyl (C=O) groups is 1. The molecule has 1 N–H and O–H groups in total. The number of carbonyl (C=O) groups excluding carboxylic acids is 1. The summed E-state index contributed by atoms with van der Waals surface area (Å²) in [7, 11) is -2.26. The number of piperazine rings is 1. The van der Waals surface area contributed by atoms with E-state index in [4.69, 9.17) is 0 Å². The van der Waals surface area contributed by atoms with Crippen molar-refractivity contribution in [2.45, 2.75) is 36.4 Å². The van der Waals surface area contributed by atoms with E-state index in [1.54, 1.807) is 11.9 Å². The Kier molecular flexibility index (Phi) is 6.35. The number of benzene rings is 1. The summed E-state index contributed by atoms with van der Waals surface area (Å²) >= 11 is 0. The molecule has 2 fully saturated rings. The van der Waals surface area contributed by atoms with Gasteiger partial charge in [-0.25, -0.2) is 13.2 Å². The molecule has 0 radical (unpaired) electrons. The van der Waals surface area contributed by atoms with Gasteiger partial charge in [0.2, 0.25) is 10.0 Å². The van der Waals surface area contributed by atoms with E-state index in [9.17, 15) is 26.4 Å². The van der Waals surface area contributed by atoms with Crippen molar-refractivity contribution in [1.82, 2.24) is 19.4 Å². The van der Waals surface area contributed by atoms with E-state index in [0.717, 1.165) is 37.1 Å². The van der Waals surface area contributed by atoms with Crippen molar-refractivity contribution < 1.29 is 26.4 Å². The van der Waals surface area contributed by atoms with Gasteiger partial charge in [0.1, 0.15) is 0 Å². The average Bonchev–Trinajstić information content (AvgIpc) is 3.19. The third kappa shape index (κ3) is 4.28. The first-order chi connectivity index (χ1) is 14.0. The molecule has 2 aliphatic heterocycles. The Morgan fingerprint density at radius 1 is 1.10 bits per heavy atom. The predicted octanol–water partition coefficient (Wildman–Crippen LogP) is 2.21. The lowest BCUT2D eigenvalue weighted by Gasteiger charge is -2.45. The highest BCUT2D eigenvalue weighted by Gasteiger charge is 2.44. The smallest absolute Gasteiger partial charge is 0.341 e. The van der Waals surface area contributed by atoms with Gasteiger partial charge >= 0.3 is 12.2 Å². The van der Waals surface area contributed by atoms with Gasteiger partial charge in [-0.05, 0) is 37.1 Å². The molecule has 1 atom stereocenters. The normalized spacial score (nSPS) is 24.2. The van der Waals surface area contributed by atoms with Crippen LogP contribution in [-0.4, -0.2) is 80.4 Å². The van der Waals surface area contributed by atoms with E-state index in [1.165, 1.54) is 4.31 Å². The van der Waals surface area contributed by atoms with Crippen LogP contribution in [0.5, 0.6) is 0 Å². The average molecular weight is 449 g/mol. The quantitative estimate of drug-likeness (QED) is 0.767. The molecular formula is C19H27F3N4O3S. The first-order valence-electron chi connectivity index (χ1n) is 9.92. The number of halogens is 3. The number of nitrogens with zero attached hydrogens (tertiary/aromatic N) is 3. The molecule has 0 bridgehead atoms. The summed E-state index contributed by atoms with van der Waals surface area (Å²) in [6, 6.07) is 3.49. The Balaban J connectivity index is 1.68. The van der Waals surface area contributed by atoms with Gasteiger partial charge < -0.3 is 10.2 Å². The molecule has 1 aromatic rings. The minimum Gasteiger partial charge on any atom is -0.341 e. The van der Waals surface area contributed by atoms with Gasteiger partial charge in [0.05, 0.1) is 10.5 Å². The van der Waals surface area contributed by atoms with Crippen LogP contribution in [0.25, 0.3) is 0 Å². The van der Waals surface area contributed by atoms with Crippen molar-refractivity contribution in [1.29, 1.82) is 0 Å². The number of urea groups is 1. The standard InChI is InChI=1S/C19H27F3N4O3S/c1-3-18(8-9-24(14-18)17(27)23-2)25-10-12-26(13-11-25)30(28,29)16-6-4-15(5-7-16)19(20,21)22/h4-7H,3,8-14H2,1-2H3,(H,23,27)/t18-/m1/s1. The van der Waals surface area contributed by atoms with Crippen molar-refractivity contribution in [2.75, 3.05) is 46.3 Å². The van der Waals surface area contributed by atoms with Gasteiger partial charge in [0.25, 0.3) is 0 Å². The molecule has 2 heterocycles. The molecule has 30 heavy (non-hydrogen) atoms. The third-order valence-electron chi connectivity index (χ3n) is 6.22. The molecule has 7 nitrogen and oxygen atoms in total. The maximum atomic E-state index is 12.9. The molecule has 11 heteroatoms. The zero-order valence-corrected chi connectivity index (χ0v) is 17.9. The first kappa shape index (κ1) is 22.8. The maximum Gasteiger partial charge on any atom is 0.416 e. The lowest BCUT2D eigenvalue weighted by atomic mass is 9.92. The van der Waals surface area contributed by atoms with Crippen LogP contribution >= 0.6 is 0 Å². The zero-order chi connectivity index (χ0) is 22.2. The second-order valence-corrected chi connectivity index (χ2v) is 9.66. The van der Waals surface area contributed by atoms with Crippen molar-refractivity contribution >= 4 is 16.1 Å². The Hall–Kier alpha value is -1.85. The number of sulfonamides is 1. The van der Waals surface area contributed by atoms with E-state index in [0.29, 0.717) is 26.2 Å². The Bertz CT molecular complexity index is 868. The molecule has 0 unspecified atom stereocenters. The molecule has 2 saturated heterocycles. The number of rotatable bonds is 4. The number of hydrogen-bond donors (Lipinski definition) is 1. The molecular weight excluding hydrogens is 421 g/mol. The van der Waals surface area contributed by atoms with Gasteiger partial charge in [-0.3, -0.25) is 4.90 Å². The van der Waals surface area contributed by atoms with Gasteiger partial charge in [-0.2, -0.15) is 17.5 Å². The van der Waals surface area contributed by atoms with Crippen LogP contribution in [-0.2, 0) is 16.2 Å². The zero-order valence-electron chi connectivity index (χ0n) is 17.1. The lowest BCUT2D eigenvalue weighted by Crippen LogP contribution is -2.59. The lowest BCUT2D eigenvalue weighted by molar-refractivity contribution is -0.137. The van der Waals surface area contributed by atoms with Crippen LogP contribution in [0, 0.1) is 0 Å². The van der Waals surface area contributed by atoms with Crippen LogP contribution in [0.4, 0.5) is 18.0 Å². The highest BCUT2D eigenvalue weighted by atomic mass is 32.2. The summed E-state index contributed by atoms with van der Waals surface area (Å²) in [5.74, 6) is 0. The summed E-state index contributed by atoms with van der Waals surface area (Å²) in [6.45, 7) is 4.84. The van der Waals surface area contributed by atoms with Crippen molar-refractivity contribution in [3.63, 3.8) is 0 Å². The molecule has 0 saturated carbocycles. The third-order valence-corrected chi connectivity index (χ3v) is 8.13. The van der Waals surface area contributed by atoms with Crippen LogP contribution in [0.1, 0.15) is 25.3 Å². The van der Waals surface area contributed by atoms with Crippen LogP contribution in [0.2, 0.25) is 0 Å². The Morgan fingerprint density at radius 2 is 1.70 bits per heavy atom. The summed E-state index contributed by atoms with van der Waals surface area (Å²) in [5, 5.41) is 2.64. The van der Waals surface area contributed by atoms with Crippen LogP contribution in [0.3, 0.4) is 0 Å². The van der Waals surface area contributed by atoms with Gasteiger partial charge in [0, 0.05) is 51.9 Å². The fraction of sp³-hybridized carbons (Fsp3) is 0.632. The minimum absolute atomic E-state index is 0.117. The SMILES string of the molecule is CC[C@@]1(N2CCN(S(=O)(=O)c3ccc(C(F)(F)F)cc3)CC2)CCN(C(=O)NC)C1. The maximum absolute atomic E-state index is 12.9. The van der Waals surface area contributed by atoms with E-state index in [1.807, 2.05) is 0 Å². The second-order valence-electron chi connectivity index (χ2n) is 7.72. The monoisotopic (exact) mass is 448 g/mol. The van der Waals surface area contributed by atoms with Gasteiger partial charge in [-0.15, -0.1) is 0 Å². The number of nitrogens with one attached hydrogen (secondary N) is 1. The second kappa shape index (κ2) is 8.35. The number of alkyl halides is 3. The molecule has 168 valence electrons. The highest BCUT2D eigenvalue weighted by Crippen LogP contribution is 2.33. The minimum atomic E-state index is -4.51. The van der Waals surface area contributed by atoms with E-state index in [-0.39, 0.29) is 29.6 Å². The predicted molar refractivity (Wildman–Crippen MR) is 105 cm³/mol. The topological polar surface area (TPSA) is 73.0 Å². The Labute approximate surface area is 174 Å². The fourth-order valence-electron chi connectivity index (χ4n) is 4.33. The van der Waals surface area contributed by atoms with Crippen LogP contribution in [0.15, 0.2) is 29.2 Å². The van der Waals surface area contributed by atoms with Gasteiger partial charge in [-0.1, -0.05) is 6.92 Å². The van der Waals surface area contributed by atoms with E-state index in [2.05, 4.69) is 17.1 Å². The highest BCUT2D eigenvalue weighted by molar-refractivity contribution is 7.89. The number of likely N-dealkylation sites (tertiary alicyclic amines) is 1. The van der Waals surface area contributed by atoms with E-state index >= 15 is 0 Å². The van der Waals surface area contributed by atoms with Crippen molar-refractivity contribution in [3.8, 4) is 0 Å². The number of hydrogen-bond acceptors (Lipinski definition) is 4. The number of amides is 2. The van der Waals surface area contributed by atoms with E-state index < -0.39 is 21.8 Å². The molecule has 0 aliphatic carbocycles. The first-order valence-corrected chi connectivity index (χ1v) is 11.4. The van der Waals surface area contributed by atoms with Crippen LogP contribution < -0.4 is 5.32 Å².